The maximum atomic E-state index is 5.31. The minimum absolute atomic E-state index is 0.841. The molecule has 0 atom stereocenters. The molecule has 0 spiro atoms. The minimum Gasteiger partial charge on any atom is -0.370 e. The van der Waals surface area contributed by atoms with Gasteiger partial charge in [0.25, 0.3) is 0 Å². The molecule has 1 aromatic carbocycles. The second-order valence-corrected chi connectivity index (χ2v) is 4.18. The SMILES string of the molecule is C#CCCN1CCCc2cc(C)ccc21. The minimum atomic E-state index is 0.841. The molecule has 0 unspecified atom stereocenters. The highest BCUT2D eigenvalue weighted by Crippen LogP contribution is 2.27. The number of terminal acetylenes is 1. The number of fused-ring (bicyclic) bond motifs is 1. The van der Waals surface area contributed by atoms with Crippen LogP contribution in [0.1, 0.15) is 24.0 Å². The lowest BCUT2D eigenvalue weighted by Crippen LogP contribution is -2.30. The molecule has 0 bridgehead atoms. The molecule has 2 rings (SSSR count). The normalized spacial score (nSPS) is 14.5. The average molecular weight is 199 g/mol. The van der Waals surface area contributed by atoms with Crippen molar-refractivity contribution in [1.82, 2.24) is 0 Å². The molecule has 1 aliphatic heterocycles. The third-order valence-corrected chi connectivity index (χ3v) is 2.98. The lowest BCUT2D eigenvalue weighted by atomic mass is 9.99. The molecule has 0 saturated carbocycles. The highest BCUT2D eigenvalue weighted by atomic mass is 15.1. The summed E-state index contributed by atoms with van der Waals surface area (Å²) in [5.74, 6) is 2.72. The van der Waals surface area contributed by atoms with E-state index in [-0.39, 0.29) is 0 Å². The van der Waals surface area contributed by atoms with E-state index in [2.05, 4.69) is 35.9 Å². The highest BCUT2D eigenvalue weighted by Gasteiger charge is 2.15. The van der Waals surface area contributed by atoms with E-state index in [1.54, 1.807) is 0 Å². The molecule has 0 amide bonds. The van der Waals surface area contributed by atoms with Crippen molar-refractivity contribution in [1.29, 1.82) is 0 Å². The number of hydrogen-bond acceptors (Lipinski definition) is 1. The van der Waals surface area contributed by atoms with Gasteiger partial charge in [-0.05, 0) is 31.4 Å². The monoisotopic (exact) mass is 199 g/mol. The van der Waals surface area contributed by atoms with Crippen molar-refractivity contribution < 1.29 is 0 Å². The van der Waals surface area contributed by atoms with Crippen molar-refractivity contribution in [2.45, 2.75) is 26.2 Å². The lowest BCUT2D eigenvalue weighted by molar-refractivity contribution is 0.695. The molecule has 1 aromatic rings. The molecule has 0 aromatic heterocycles. The first-order chi connectivity index (χ1) is 7.31. The number of hydrogen-bond donors (Lipinski definition) is 0. The average Bonchev–Trinajstić information content (AvgIpc) is 2.25. The summed E-state index contributed by atoms with van der Waals surface area (Å²) in [4.78, 5) is 2.41. The van der Waals surface area contributed by atoms with E-state index in [9.17, 15) is 0 Å². The van der Waals surface area contributed by atoms with Gasteiger partial charge < -0.3 is 4.90 Å². The first-order valence-electron chi connectivity index (χ1n) is 5.59. The van der Waals surface area contributed by atoms with Crippen LogP contribution >= 0.6 is 0 Å². The Bertz CT molecular complexity index is 387. The molecule has 0 radical (unpaired) electrons. The van der Waals surface area contributed by atoms with E-state index in [4.69, 9.17) is 6.42 Å². The number of benzene rings is 1. The molecule has 0 aliphatic carbocycles. The summed E-state index contributed by atoms with van der Waals surface area (Å²) in [6.45, 7) is 4.30. The summed E-state index contributed by atoms with van der Waals surface area (Å²) in [5, 5.41) is 0. The number of nitrogens with zero attached hydrogens (tertiary/aromatic N) is 1. The van der Waals surface area contributed by atoms with E-state index in [0.29, 0.717) is 0 Å². The van der Waals surface area contributed by atoms with E-state index >= 15 is 0 Å². The topological polar surface area (TPSA) is 3.24 Å². The number of rotatable bonds is 2. The zero-order chi connectivity index (χ0) is 10.7. The molecule has 1 nitrogen and oxygen atoms in total. The van der Waals surface area contributed by atoms with Crippen LogP contribution < -0.4 is 4.90 Å². The van der Waals surface area contributed by atoms with Crippen molar-refractivity contribution >= 4 is 5.69 Å². The van der Waals surface area contributed by atoms with Crippen LogP contribution in [0.3, 0.4) is 0 Å². The molecular weight excluding hydrogens is 182 g/mol. The van der Waals surface area contributed by atoms with E-state index < -0.39 is 0 Å². The third kappa shape index (κ3) is 2.15. The van der Waals surface area contributed by atoms with Crippen molar-refractivity contribution in [3.8, 4) is 12.3 Å². The van der Waals surface area contributed by atoms with Gasteiger partial charge in [-0.25, -0.2) is 0 Å². The van der Waals surface area contributed by atoms with Gasteiger partial charge in [-0.3, -0.25) is 0 Å². The Morgan fingerprint density at radius 2 is 2.33 bits per heavy atom. The van der Waals surface area contributed by atoms with E-state index in [1.807, 2.05) is 0 Å². The summed E-state index contributed by atoms with van der Waals surface area (Å²) in [6, 6.07) is 6.73. The second-order valence-electron chi connectivity index (χ2n) is 4.18. The van der Waals surface area contributed by atoms with Crippen molar-refractivity contribution in [2.75, 3.05) is 18.0 Å². The van der Waals surface area contributed by atoms with Crippen LogP contribution in [0.4, 0.5) is 5.69 Å². The summed E-state index contributed by atoms with van der Waals surface area (Å²) in [6.07, 6.45) is 8.62. The fourth-order valence-corrected chi connectivity index (χ4v) is 2.24. The Kier molecular flexibility index (Phi) is 2.97. The zero-order valence-electron chi connectivity index (χ0n) is 9.29. The quantitative estimate of drug-likeness (QED) is 0.662. The van der Waals surface area contributed by atoms with Gasteiger partial charge in [0.15, 0.2) is 0 Å². The van der Waals surface area contributed by atoms with Crippen molar-refractivity contribution in [3.05, 3.63) is 29.3 Å². The lowest BCUT2D eigenvalue weighted by Gasteiger charge is -2.31. The first-order valence-corrected chi connectivity index (χ1v) is 5.59. The molecule has 0 saturated heterocycles. The molecule has 1 heterocycles. The van der Waals surface area contributed by atoms with Gasteiger partial charge in [-0.15, -0.1) is 12.3 Å². The van der Waals surface area contributed by atoms with Gasteiger partial charge >= 0.3 is 0 Å². The zero-order valence-corrected chi connectivity index (χ0v) is 9.29. The molecule has 0 fully saturated rings. The maximum absolute atomic E-state index is 5.31. The van der Waals surface area contributed by atoms with Crippen LogP contribution in [-0.2, 0) is 6.42 Å². The van der Waals surface area contributed by atoms with E-state index in [1.165, 1.54) is 29.7 Å². The Labute approximate surface area is 92.1 Å². The van der Waals surface area contributed by atoms with Crippen LogP contribution in [0, 0.1) is 19.3 Å². The fraction of sp³-hybridized carbons (Fsp3) is 0.429. The van der Waals surface area contributed by atoms with Gasteiger partial charge in [0.1, 0.15) is 0 Å². The second kappa shape index (κ2) is 4.40. The molecule has 78 valence electrons. The van der Waals surface area contributed by atoms with Crippen LogP contribution in [0.15, 0.2) is 18.2 Å². The largest absolute Gasteiger partial charge is 0.370 e. The molecular formula is C14H17N. The molecule has 1 aliphatic rings. The molecule has 15 heavy (non-hydrogen) atoms. The molecule has 1 heteroatoms. The van der Waals surface area contributed by atoms with Gasteiger partial charge in [0.05, 0.1) is 0 Å². The third-order valence-electron chi connectivity index (χ3n) is 2.98. The number of anilines is 1. The van der Waals surface area contributed by atoms with Gasteiger partial charge in [0, 0.05) is 25.2 Å². The Balaban J connectivity index is 2.23. The smallest absolute Gasteiger partial charge is 0.0399 e. The van der Waals surface area contributed by atoms with Gasteiger partial charge in [0.2, 0.25) is 0 Å². The summed E-state index contributed by atoms with van der Waals surface area (Å²) < 4.78 is 0. The van der Waals surface area contributed by atoms with Gasteiger partial charge in [-0.2, -0.15) is 0 Å². The predicted molar refractivity (Wildman–Crippen MR) is 65.2 cm³/mol. The molecule has 0 N–H and O–H groups in total. The maximum Gasteiger partial charge on any atom is 0.0399 e. The van der Waals surface area contributed by atoms with Crippen LogP contribution in [0.2, 0.25) is 0 Å². The van der Waals surface area contributed by atoms with Crippen molar-refractivity contribution in [3.63, 3.8) is 0 Å². The van der Waals surface area contributed by atoms with Crippen LogP contribution in [0.5, 0.6) is 0 Å². The Morgan fingerprint density at radius 3 is 3.13 bits per heavy atom. The van der Waals surface area contributed by atoms with Crippen LogP contribution in [-0.4, -0.2) is 13.1 Å². The standard InChI is InChI=1S/C14H17N/c1-3-4-9-15-10-5-6-13-11-12(2)7-8-14(13)15/h1,7-8,11H,4-6,9-10H2,2H3. The number of aryl methyl sites for hydroxylation is 2. The highest BCUT2D eigenvalue weighted by molar-refractivity contribution is 5.56. The summed E-state index contributed by atoms with van der Waals surface area (Å²) in [5.41, 5.74) is 4.23. The predicted octanol–water partition coefficient (Wildman–Crippen LogP) is 2.77. The fourth-order valence-electron chi connectivity index (χ4n) is 2.24. The van der Waals surface area contributed by atoms with Crippen molar-refractivity contribution in [2.24, 2.45) is 0 Å². The summed E-state index contributed by atoms with van der Waals surface area (Å²) in [7, 11) is 0. The van der Waals surface area contributed by atoms with Gasteiger partial charge in [-0.1, -0.05) is 17.7 Å². The Morgan fingerprint density at radius 1 is 1.47 bits per heavy atom. The first kappa shape index (κ1) is 10.1. The summed E-state index contributed by atoms with van der Waals surface area (Å²) >= 11 is 0. The van der Waals surface area contributed by atoms with E-state index in [0.717, 1.165) is 19.5 Å². The van der Waals surface area contributed by atoms with Crippen LogP contribution in [0.25, 0.3) is 0 Å². The Hall–Kier alpha value is -1.42.